The third-order valence-electron chi connectivity index (χ3n) is 4.04. The highest BCUT2D eigenvalue weighted by Crippen LogP contribution is 2.31. The van der Waals surface area contributed by atoms with Crippen LogP contribution >= 0.6 is 27.5 Å². The zero-order valence-corrected chi connectivity index (χ0v) is 14.5. The maximum Gasteiger partial charge on any atom is 0.0485 e. The zero-order chi connectivity index (χ0) is 14.7. The number of halogens is 2. The smallest absolute Gasteiger partial charge is 0.0485 e. The lowest BCUT2D eigenvalue weighted by Crippen LogP contribution is -2.43. The molecule has 3 nitrogen and oxygen atoms in total. The van der Waals surface area contributed by atoms with Crippen LogP contribution in [0.25, 0.3) is 0 Å². The van der Waals surface area contributed by atoms with Crippen LogP contribution < -0.4 is 5.73 Å². The summed E-state index contributed by atoms with van der Waals surface area (Å²) in [7, 11) is 2.19. The Hall–Kier alpha value is -0.130. The molecule has 20 heavy (non-hydrogen) atoms. The Kier molecular flexibility index (Phi) is 5.87. The summed E-state index contributed by atoms with van der Waals surface area (Å²) in [6, 6.07) is 6.65. The normalized spacial score (nSPS) is 23.6. The van der Waals surface area contributed by atoms with Crippen LogP contribution in [0.15, 0.2) is 22.7 Å². The molecule has 0 aromatic heterocycles. The van der Waals surface area contributed by atoms with Crippen molar-refractivity contribution >= 4 is 27.5 Å². The second-order valence-electron chi connectivity index (χ2n) is 5.62. The van der Waals surface area contributed by atoms with E-state index < -0.39 is 0 Å². The molecule has 1 saturated heterocycles. The highest BCUT2D eigenvalue weighted by Gasteiger charge is 2.28. The van der Waals surface area contributed by atoms with Gasteiger partial charge in [-0.05, 0) is 50.7 Å². The lowest BCUT2D eigenvalue weighted by molar-refractivity contribution is 0.146. The number of nitrogens with zero attached hydrogens (tertiary/aromatic N) is 2. The Bertz CT molecular complexity index is 455. The minimum atomic E-state index is 0.213. The topological polar surface area (TPSA) is 32.5 Å². The van der Waals surface area contributed by atoms with Crippen molar-refractivity contribution in [2.75, 3.05) is 33.2 Å². The fourth-order valence-corrected chi connectivity index (χ4v) is 3.76. The fourth-order valence-electron chi connectivity index (χ4n) is 3.06. The Labute approximate surface area is 135 Å². The molecule has 0 saturated carbocycles. The van der Waals surface area contributed by atoms with Crippen molar-refractivity contribution in [3.8, 4) is 0 Å². The van der Waals surface area contributed by atoms with Gasteiger partial charge in [-0.2, -0.15) is 0 Å². The standard InChI is InChI=1S/C15H23BrClN3/c1-11-10-19(2)6-3-7-20(11)15(9-18)13-8-12(17)4-5-14(13)16/h4-5,8,11,15H,3,6-7,9-10,18H2,1-2H3. The molecule has 2 unspecified atom stereocenters. The third kappa shape index (κ3) is 3.74. The summed E-state index contributed by atoms with van der Waals surface area (Å²) in [5, 5.41) is 0.765. The van der Waals surface area contributed by atoms with Crippen LogP contribution in [0, 0.1) is 0 Å². The van der Waals surface area contributed by atoms with Gasteiger partial charge < -0.3 is 10.6 Å². The van der Waals surface area contributed by atoms with Gasteiger partial charge in [-0.15, -0.1) is 0 Å². The summed E-state index contributed by atoms with van der Waals surface area (Å²) in [6.45, 7) is 6.19. The first-order chi connectivity index (χ1) is 9.52. The average molecular weight is 361 g/mol. The minimum absolute atomic E-state index is 0.213. The molecule has 1 fully saturated rings. The molecule has 5 heteroatoms. The second kappa shape index (κ2) is 7.23. The lowest BCUT2D eigenvalue weighted by Gasteiger charge is -2.35. The quantitative estimate of drug-likeness (QED) is 0.899. The van der Waals surface area contributed by atoms with Gasteiger partial charge in [0.15, 0.2) is 0 Å². The van der Waals surface area contributed by atoms with E-state index in [0.717, 1.165) is 29.1 Å². The van der Waals surface area contributed by atoms with Crippen molar-refractivity contribution in [3.63, 3.8) is 0 Å². The van der Waals surface area contributed by atoms with Gasteiger partial charge in [0.1, 0.15) is 0 Å². The first kappa shape index (κ1) is 16.2. The van der Waals surface area contributed by atoms with Gasteiger partial charge in [0.25, 0.3) is 0 Å². The van der Waals surface area contributed by atoms with Gasteiger partial charge >= 0.3 is 0 Å². The van der Waals surface area contributed by atoms with Gasteiger partial charge in [0.05, 0.1) is 0 Å². The van der Waals surface area contributed by atoms with Gasteiger partial charge in [0.2, 0.25) is 0 Å². The molecule has 2 rings (SSSR count). The van der Waals surface area contributed by atoms with E-state index in [-0.39, 0.29) is 6.04 Å². The highest BCUT2D eigenvalue weighted by atomic mass is 79.9. The maximum atomic E-state index is 6.16. The molecule has 112 valence electrons. The van der Waals surface area contributed by atoms with Crippen molar-refractivity contribution in [2.24, 2.45) is 5.73 Å². The van der Waals surface area contributed by atoms with Gasteiger partial charge in [-0.1, -0.05) is 27.5 Å². The van der Waals surface area contributed by atoms with Gasteiger partial charge in [-0.25, -0.2) is 0 Å². The second-order valence-corrected chi connectivity index (χ2v) is 6.91. The molecular formula is C15H23BrClN3. The molecule has 0 bridgehead atoms. The Morgan fingerprint density at radius 1 is 1.45 bits per heavy atom. The predicted octanol–water partition coefficient (Wildman–Crippen LogP) is 3.13. The van der Waals surface area contributed by atoms with Crippen LogP contribution in [-0.4, -0.2) is 49.1 Å². The Morgan fingerprint density at radius 2 is 2.20 bits per heavy atom. The lowest BCUT2D eigenvalue weighted by atomic mass is 10.0. The van der Waals surface area contributed by atoms with E-state index in [1.165, 1.54) is 12.0 Å². The van der Waals surface area contributed by atoms with Crippen LogP contribution in [0.5, 0.6) is 0 Å². The van der Waals surface area contributed by atoms with Crippen molar-refractivity contribution in [1.82, 2.24) is 9.80 Å². The van der Waals surface area contributed by atoms with E-state index in [1.54, 1.807) is 0 Å². The van der Waals surface area contributed by atoms with Crippen molar-refractivity contribution in [2.45, 2.75) is 25.4 Å². The van der Waals surface area contributed by atoms with E-state index in [9.17, 15) is 0 Å². The first-order valence-corrected chi connectivity index (χ1v) is 8.29. The molecule has 0 spiro atoms. The van der Waals surface area contributed by atoms with E-state index in [4.69, 9.17) is 17.3 Å². The SMILES string of the molecule is CC1CN(C)CCCN1C(CN)c1cc(Cl)ccc1Br. The van der Waals surface area contributed by atoms with Gasteiger partial charge in [-0.3, -0.25) is 4.90 Å². The molecule has 1 aromatic rings. The summed E-state index contributed by atoms with van der Waals surface area (Å²) < 4.78 is 1.09. The number of nitrogens with two attached hydrogens (primary N) is 1. The third-order valence-corrected chi connectivity index (χ3v) is 5.00. The highest BCUT2D eigenvalue weighted by molar-refractivity contribution is 9.10. The summed E-state index contributed by atoms with van der Waals surface area (Å²) >= 11 is 9.80. The molecule has 2 atom stereocenters. The molecule has 0 aliphatic carbocycles. The zero-order valence-electron chi connectivity index (χ0n) is 12.1. The molecule has 0 amide bonds. The average Bonchev–Trinajstić information content (AvgIpc) is 2.56. The summed E-state index contributed by atoms with van der Waals surface area (Å²) in [5.74, 6) is 0. The van der Waals surface area contributed by atoms with E-state index in [2.05, 4.69) is 39.7 Å². The van der Waals surface area contributed by atoms with Crippen LogP contribution in [-0.2, 0) is 0 Å². The number of rotatable bonds is 3. The van der Waals surface area contributed by atoms with Crippen molar-refractivity contribution < 1.29 is 0 Å². The van der Waals surface area contributed by atoms with Crippen LogP contribution in [0.1, 0.15) is 24.9 Å². The van der Waals surface area contributed by atoms with E-state index in [1.807, 2.05) is 18.2 Å². The van der Waals surface area contributed by atoms with E-state index >= 15 is 0 Å². The first-order valence-electron chi connectivity index (χ1n) is 7.12. The molecular weight excluding hydrogens is 338 g/mol. The fraction of sp³-hybridized carbons (Fsp3) is 0.600. The summed E-state index contributed by atoms with van der Waals surface area (Å²) in [6.07, 6.45) is 1.18. The summed E-state index contributed by atoms with van der Waals surface area (Å²) in [5.41, 5.74) is 7.27. The number of hydrogen-bond donors (Lipinski definition) is 1. The molecule has 1 heterocycles. The Balaban J connectivity index is 2.28. The van der Waals surface area contributed by atoms with Crippen LogP contribution in [0.2, 0.25) is 5.02 Å². The van der Waals surface area contributed by atoms with Crippen LogP contribution in [0.3, 0.4) is 0 Å². The van der Waals surface area contributed by atoms with Gasteiger partial charge in [0, 0.05) is 41.2 Å². The number of likely N-dealkylation sites (N-methyl/N-ethyl adjacent to an activating group) is 1. The number of hydrogen-bond acceptors (Lipinski definition) is 3. The maximum absolute atomic E-state index is 6.16. The molecule has 1 aliphatic heterocycles. The largest absolute Gasteiger partial charge is 0.329 e. The van der Waals surface area contributed by atoms with Crippen molar-refractivity contribution in [3.05, 3.63) is 33.3 Å². The van der Waals surface area contributed by atoms with E-state index in [0.29, 0.717) is 12.6 Å². The molecule has 2 N–H and O–H groups in total. The minimum Gasteiger partial charge on any atom is -0.329 e. The summed E-state index contributed by atoms with van der Waals surface area (Å²) in [4.78, 5) is 4.91. The van der Waals surface area contributed by atoms with Crippen LogP contribution in [0.4, 0.5) is 0 Å². The predicted molar refractivity (Wildman–Crippen MR) is 89.2 cm³/mol. The number of benzene rings is 1. The Morgan fingerprint density at radius 3 is 2.90 bits per heavy atom. The monoisotopic (exact) mass is 359 g/mol. The molecule has 1 aromatic carbocycles. The molecule has 0 radical (unpaired) electrons. The van der Waals surface area contributed by atoms with Crippen molar-refractivity contribution in [1.29, 1.82) is 0 Å². The molecule has 1 aliphatic rings.